The Labute approximate surface area is 175 Å². The number of amides is 2. The van der Waals surface area contributed by atoms with Crippen molar-refractivity contribution in [1.82, 2.24) is 14.5 Å². The summed E-state index contributed by atoms with van der Waals surface area (Å²) in [6, 6.07) is 3.93. The Morgan fingerprint density at radius 3 is 2.50 bits per heavy atom. The van der Waals surface area contributed by atoms with E-state index in [0.29, 0.717) is 26.1 Å². The summed E-state index contributed by atoms with van der Waals surface area (Å²) >= 11 is 0. The van der Waals surface area contributed by atoms with Gasteiger partial charge in [0.05, 0.1) is 4.90 Å². The largest absolute Gasteiger partial charge is 0.465 e. The van der Waals surface area contributed by atoms with Crippen LogP contribution in [-0.4, -0.2) is 66.4 Å². The minimum absolute atomic E-state index is 0.00829. The van der Waals surface area contributed by atoms with Crippen LogP contribution in [-0.2, 0) is 14.8 Å². The summed E-state index contributed by atoms with van der Waals surface area (Å²) in [4.78, 5) is 25.5. The molecule has 30 heavy (non-hydrogen) atoms. The molecule has 0 spiro atoms. The normalized spacial score (nSPS) is 29.6. The number of fused-ring (bicyclic) bond motifs is 1. The zero-order chi connectivity index (χ0) is 21.5. The molecule has 0 aromatic heterocycles. The molecule has 0 radical (unpaired) electrons. The van der Waals surface area contributed by atoms with E-state index in [4.69, 9.17) is 0 Å². The summed E-state index contributed by atoms with van der Waals surface area (Å²) < 4.78 is 40.4. The second-order valence-electron chi connectivity index (χ2n) is 8.38. The van der Waals surface area contributed by atoms with Gasteiger partial charge < -0.3 is 10.4 Å². The van der Waals surface area contributed by atoms with E-state index in [9.17, 15) is 27.5 Å². The number of likely N-dealkylation sites (tertiary alicyclic amines) is 1. The van der Waals surface area contributed by atoms with E-state index in [1.165, 1.54) is 21.3 Å². The molecule has 3 aliphatic rings. The highest BCUT2D eigenvalue weighted by Gasteiger charge is 2.47. The first-order valence-electron chi connectivity index (χ1n) is 10.3. The minimum Gasteiger partial charge on any atom is -0.465 e. The summed E-state index contributed by atoms with van der Waals surface area (Å²) in [5.74, 6) is -0.644. The van der Waals surface area contributed by atoms with Crippen molar-refractivity contribution < 1.29 is 27.5 Å². The number of nitrogens with one attached hydrogen (secondary N) is 1. The fraction of sp³-hybridized carbons (Fsp3) is 0.600. The van der Waals surface area contributed by atoms with Crippen molar-refractivity contribution in [3.63, 3.8) is 0 Å². The number of halogens is 1. The number of hydrogen-bond donors (Lipinski definition) is 2. The zero-order valence-electron chi connectivity index (χ0n) is 16.5. The molecule has 1 aromatic rings. The highest BCUT2D eigenvalue weighted by Crippen LogP contribution is 2.40. The van der Waals surface area contributed by atoms with Gasteiger partial charge >= 0.3 is 6.09 Å². The second-order valence-corrected chi connectivity index (χ2v) is 10.3. The lowest BCUT2D eigenvalue weighted by molar-refractivity contribution is -0.127. The molecule has 3 fully saturated rings. The van der Waals surface area contributed by atoms with Crippen LogP contribution in [0.2, 0.25) is 0 Å². The molecule has 1 aromatic carbocycles. The van der Waals surface area contributed by atoms with Crippen LogP contribution >= 0.6 is 0 Å². The molecule has 4 atom stereocenters. The summed E-state index contributed by atoms with van der Waals surface area (Å²) in [5, 5.41) is 12.4. The number of hydrogen-bond acceptors (Lipinski definition) is 4. The van der Waals surface area contributed by atoms with Gasteiger partial charge in [-0.1, -0.05) is 0 Å². The van der Waals surface area contributed by atoms with Crippen LogP contribution in [0.3, 0.4) is 0 Å². The van der Waals surface area contributed by atoms with Gasteiger partial charge in [0.15, 0.2) is 0 Å². The van der Waals surface area contributed by atoms with Crippen LogP contribution < -0.4 is 5.32 Å². The third-order valence-electron chi connectivity index (χ3n) is 6.65. The summed E-state index contributed by atoms with van der Waals surface area (Å²) in [6.45, 7) is 1.03. The molecule has 2 amide bonds. The van der Waals surface area contributed by atoms with Gasteiger partial charge in [0.1, 0.15) is 11.9 Å². The lowest BCUT2D eigenvalue weighted by Gasteiger charge is -2.33. The Bertz CT molecular complexity index is 923. The molecule has 2 heterocycles. The van der Waals surface area contributed by atoms with Crippen molar-refractivity contribution >= 4 is 22.0 Å². The molecule has 2 saturated heterocycles. The lowest BCUT2D eigenvalue weighted by Crippen LogP contribution is -2.54. The molecule has 1 aliphatic carbocycles. The molecule has 2 aliphatic heterocycles. The maximum atomic E-state index is 13.2. The first-order valence-corrected chi connectivity index (χ1v) is 11.8. The van der Waals surface area contributed by atoms with Crippen LogP contribution in [0, 0.1) is 17.7 Å². The number of sulfonamides is 1. The van der Waals surface area contributed by atoms with Gasteiger partial charge in [-0.3, -0.25) is 9.69 Å². The number of carbonyl (C=O) groups excluding carboxylic acids is 1. The van der Waals surface area contributed by atoms with Gasteiger partial charge in [0.25, 0.3) is 0 Å². The van der Waals surface area contributed by atoms with Crippen molar-refractivity contribution in [1.29, 1.82) is 0 Å². The van der Waals surface area contributed by atoms with Crippen molar-refractivity contribution in [3.05, 3.63) is 30.1 Å². The van der Waals surface area contributed by atoms with E-state index in [1.807, 2.05) is 0 Å². The van der Waals surface area contributed by atoms with E-state index in [1.54, 1.807) is 0 Å². The monoisotopic (exact) mass is 439 g/mol. The quantitative estimate of drug-likeness (QED) is 0.745. The first-order chi connectivity index (χ1) is 14.3. The minimum atomic E-state index is -3.72. The smallest absolute Gasteiger partial charge is 0.407 e. The van der Waals surface area contributed by atoms with Gasteiger partial charge in [-0.05, 0) is 68.2 Å². The second kappa shape index (κ2) is 8.14. The Morgan fingerprint density at radius 1 is 1.07 bits per heavy atom. The summed E-state index contributed by atoms with van der Waals surface area (Å²) in [5.41, 5.74) is 0. The Kier molecular flexibility index (Phi) is 5.71. The maximum absolute atomic E-state index is 13.2. The molecule has 4 rings (SSSR count). The standard InChI is InChI=1S/C20H26FN3O5S/c21-14-5-7-15(8-6-14)30(28,29)23-11-13-4-9-17(16(13)12-23)22-19(25)18-3-1-2-10-24(18)20(26)27/h5-8,13,16-18H,1-4,9-12H2,(H,22,25)(H,26,27)/t13-,16+,17+,18-/m0/s1. The fourth-order valence-corrected chi connectivity index (χ4v) is 6.60. The van der Waals surface area contributed by atoms with Crippen LogP contribution in [0.5, 0.6) is 0 Å². The Morgan fingerprint density at radius 2 is 1.80 bits per heavy atom. The van der Waals surface area contributed by atoms with Crippen LogP contribution in [0.25, 0.3) is 0 Å². The number of benzene rings is 1. The van der Waals surface area contributed by atoms with Crippen LogP contribution in [0.15, 0.2) is 29.2 Å². The molecule has 10 heteroatoms. The molecule has 164 valence electrons. The van der Waals surface area contributed by atoms with Gasteiger partial charge in [-0.25, -0.2) is 17.6 Å². The van der Waals surface area contributed by atoms with Crippen molar-refractivity contribution in [2.45, 2.75) is 49.1 Å². The molecule has 8 nitrogen and oxygen atoms in total. The van der Waals surface area contributed by atoms with E-state index < -0.39 is 28.0 Å². The molecule has 0 bridgehead atoms. The SMILES string of the molecule is O=C(N[C@@H]1CC[C@H]2CN(S(=O)(=O)c3ccc(F)cc3)C[C@H]21)[C@@H]1CCCCN1C(=O)O. The average molecular weight is 440 g/mol. The fourth-order valence-electron chi connectivity index (χ4n) is 5.07. The highest BCUT2D eigenvalue weighted by atomic mass is 32.2. The predicted octanol–water partition coefficient (Wildman–Crippen LogP) is 1.87. The van der Waals surface area contributed by atoms with E-state index >= 15 is 0 Å². The van der Waals surface area contributed by atoms with Crippen LogP contribution in [0.1, 0.15) is 32.1 Å². The third kappa shape index (κ3) is 3.90. The molecule has 0 unspecified atom stereocenters. The molecule has 2 N–H and O–H groups in total. The highest BCUT2D eigenvalue weighted by molar-refractivity contribution is 7.89. The van der Waals surface area contributed by atoms with Gasteiger partial charge in [0, 0.05) is 25.7 Å². The maximum Gasteiger partial charge on any atom is 0.407 e. The molecule has 1 saturated carbocycles. The van der Waals surface area contributed by atoms with E-state index in [0.717, 1.165) is 37.8 Å². The number of piperidine rings is 1. The first kappa shape index (κ1) is 21.0. The Balaban J connectivity index is 1.43. The molecular weight excluding hydrogens is 413 g/mol. The van der Waals surface area contributed by atoms with Gasteiger partial charge in [-0.2, -0.15) is 4.31 Å². The zero-order valence-corrected chi connectivity index (χ0v) is 17.4. The average Bonchev–Trinajstić information content (AvgIpc) is 3.31. The number of carbonyl (C=O) groups is 2. The van der Waals surface area contributed by atoms with Crippen molar-refractivity contribution in [3.8, 4) is 0 Å². The number of rotatable bonds is 4. The third-order valence-corrected chi connectivity index (χ3v) is 8.50. The van der Waals surface area contributed by atoms with Crippen molar-refractivity contribution in [2.75, 3.05) is 19.6 Å². The number of carboxylic acid groups (broad SMARTS) is 1. The summed E-state index contributed by atoms with van der Waals surface area (Å²) in [6.07, 6.45) is 2.53. The molecular formula is C20H26FN3O5S. The van der Waals surface area contributed by atoms with E-state index in [2.05, 4.69) is 5.32 Å². The van der Waals surface area contributed by atoms with E-state index in [-0.39, 0.29) is 28.7 Å². The van der Waals surface area contributed by atoms with Gasteiger partial charge in [0.2, 0.25) is 15.9 Å². The number of nitrogens with zero attached hydrogens (tertiary/aromatic N) is 2. The Hall–Kier alpha value is -2.20. The lowest BCUT2D eigenvalue weighted by atomic mass is 9.96. The summed E-state index contributed by atoms with van der Waals surface area (Å²) in [7, 11) is -3.72. The topological polar surface area (TPSA) is 107 Å². The van der Waals surface area contributed by atoms with Crippen molar-refractivity contribution in [2.24, 2.45) is 11.8 Å². The van der Waals surface area contributed by atoms with Crippen LogP contribution in [0.4, 0.5) is 9.18 Å². The predicted molar refractivity (Wildman–Crippen MR) is 106 cm³/mol. The van der Waals surface area contributed by atoms with Gasteiger partial charge in [-0.15, -0.1) is 0 Å².